The third-order valence-electron chi connectivity index (χ3n) is 6.34. The standard InChI is InChI=1S/C25H23FN4O3/c1-29-10-9-18(29)14-30-22-12-17(25(32)33)7-8-21(22)27-23(30)13-15-5-6-16(11-19(15)26)20-3-2-4-24(31)28-20/h2-8,11-12,18H,9-10,13-14H2,1H3,(H,28,31)(H,32,33)/t18-/m0/s1. The summed E-state index contributed by atoms with van der Waals surface area (Å²) in [5.74, 6) is -0.806. The van der Waals surface area contributed by atoms with E-state index in [2.05, 4.69) is 16.9 Å². The Hall–Kier alpha value is -3.78. The van der Waals surface area contributed by atoms with Crippen LogP contribution in [0.4, 0.5) is 4.39 Å². The van der Waals surface area contributed by atoms with Gasteiger partial charge in [0.25, 0.3) is 0 Å². The smallest absolute Gasteiger partial charge is 0.335 e. The van der Waals surface area contributed by atoms with Crippen molar-refractivity contribution < 1.29 is 19.4 Å². The van der Waals surface area contributed by atoms with Crippen molar-refractivity contribution in [1.82, 2.24) is 19.4 Å². The van der Waals surface area contributed by atoms with Crippen molar-refractivity contribution in [2.24, 2.45) is 0 Å². The highest BCUT2D eigenvalue weighted by molar-refractivity contribution is 5.92. The molecule has 1 saturated heterocycles. The van der Waals surface area contributed by atoms with Crippen LogP contribution < -0.4 is 0 Å². The van der Waals surface area contributed by atoms with Gasteiger partial charge in [-0.2, -0.15) is 0 Å². The van der Waals surface area contributed by atoms with Crippen LogP contribution in [0.3, 0.4) is 0 Å². The van der Waals surface area contributed by atoms with E-state index in [0.29, 0.717) is 40.7 Å². The number of fused-ring (bicyclic) bond motifs is 1. The van der Waals surface area contributed by atoms with Gasteiger partial charge >= 0.3 is 5.97 Å². The number of benzene rings is 2. The minimum atomic E-state index is -0.992. The molecule has 0 unspecified atom stereocenters. The van der Waals surface area contributed by atoms with E-state index in [4.69, 9.17) is 4.98 Å². The maximum Gasteiger partial charge on any atom is 0.335 e. The molecule has 1 atom stereocenters. The zero-order valence-electron chi connectivity index (χ0n) is 18.1. The van der Waals surface area contributed by atoms with E-state index in [9.17, 15) is 15.0 Å². The third kappa shape index (κ3) is 4.05. The van der Waals surface area contributed by atoms with Gasteiger partial charge in [0.1, 0.15) is 11.6 Å². The molecule has 0 bridgehead atoms. The van der Waals surface area contributed by atoms with Gasteiger partial charge in [-0.05, 0) is 55.9 Å². The van der Waals surface area contributed by atoms with Gasteiger partial charge in [-0.25, -0.2) is 19.2 Å². The molecule has 1 fully saturated rings. The summed E-state index contributed by atoms with van der Waals surface area (Å²) in [4.78, 5) is 22.5. The number of pyridine rings is 1. The van der Waals surface area contributed by atoms with Crippen LogP contribution in [0.25, 0.3) is 22.3 Å². The molecular formula is C25H23FN4O3. The summed E-state index contributed by atoms with van der Waals surface area (Å²) in [6, 6.07) is 14.9. The van der Waals surface area contributed by atoms with E-state index in [-0.39, 0.29) is 23.7 Å². The molecule has 1 aliphatic heterocycles. The van der Waals surface area contributed by atoms with Crippen LogP contribution in [-0.2, 0) is 13.0 Å². The molecule has 2 N–H and O–H groups in total. The van der Waals surface area contributed by atoms with Crippen LogP contribution >= 0.6 is 0 Å². The van der Waals surface area contributed by atoms with Crippen LogP contribution in [0.2, 0.25) is 0 Å². The van der Waals surface area contributed by atoms with Crippen molar-refractivity contribution >= 4 is 17.0 Å². The van der Waals surface area contributed by atoms with Crippen molar-refractivity contribution in [3.05, 3.63) is 77.4 Å². The molecule has 0 aliphatic carbocycles. The fraction of sp³-hybridized carbons (Fsp3) is 0.240. The first-order valence-corrected chi connectivity index (χ1v) is 10.8. The van der Waals surface area contributed by atoms with E-state index in [1.165, 1.54) is 12.1 Å². The molecule has 0 radical (unpaired) electrons. The minimum absolute atomic E-state index is 0.118. The van der Waals surface area contributed by atoms with Gasteiger partial charge in [0.05, 0.1) is 22.3 Å². The van der Waals surface area contributed by atoms with Crippen molar-refractivity contribution in [1.29, 1.82) is 0 Å². The number of rotatable bonds is 6. The second-order valence-corrected chi connectivity index (χ2v) is 8.43. The van der Waals surface area contributed by atoms with Crippen molar-refractivity contribution in [2.75, 3.05) is 13.6 Å². The number of nitrogens with zero attached hydrogens (tertiary/aromatic N) is 4. The zero-order valence-corrected chi connectivity index (χ0v) is 18.1. The Morgan fingerprint density at radius 1 is 1.15 bits per heavy atom. The molecule has 1 aliphatic rings. The lowest BCUT2D eigenvalue weighted by atomic mass is 10.0. The summed E-state index contributed by atoms with van der Waals surface area (Å²) < 4.78 is 17.1. The van der Waals surface area contributed by atoms with Gasteiger partial charge in [0.15, 0.2) is 0 Å². The van der Waals surface area contributed by atoms with Crippen molar-refractivity contribution in [3.8, 4) is 17.1 Å². The maximum absolute atomic E-state index is 15.1. The number of likely N-dealkylation sites (N-methyl/N-ethyl adjacent to an activating group) is 1. The van der Waals surface area contributed by atoms with Gasteiger partial charge in [-0.1, -0.05) is 18.2 Å². The van der Waals surface area contributed by atoms with Gasteiger partial charge in [0, 0.05) is 30.6 Å². The van der Waals surface area contributed by atoms with Gasteiger partial charge in [-0.3, -0.25) is 0 Å². The molecule has 5 rings (SSSR count). The highest BCUT2D eigenvalue weighted by Crippen LogP contribution is 2.27. The molecule has 3 heterocycles. The minimum Gasteiger partial charge on any atom is -0.493 e. The van der Waals surface area contributed by atoms with E-state index in [0.717, 1.165) is 18.5 Å². The molecule has 0 spiro atoms. The number of carboxylic acid groups (broad SMARTS) is 1. The monoisotopic (exact) mass is 446 g/mol. The summed E-state index contributed by atoms with van der Waals surface area (Å²) >= 11 is 0. The number of likely N-dealkylation sites (tertiary alicyclic amines) is 1. The highest BCUT2D eigenvalue weighted by Gasteiger charge is 2.26. The lowest BCUT2D eigenvalue weighted by Crippen LogP contribution is -2.47. The molecule has 0 amide bonds. The second kappa shape index (κ2) is 8.29. The van der Waals surface area contributed by atoms with E-state index < -0.39 is 5.97 Å². The lowest BCUT2D eigenvalue weighted by molar-refractivity contribution is 0.0697. The summed E-state index contributed by atoms with van der Waals surface area (Å²) in [7, 11) is 2.06. The second-order valence-electron chi connectivity index (χ2n) is 8.43. The number of carboxylic acids is 1. The normalized spacial score (nSPS) is 16.1. The van der Waals surface area contributed by atoms with Gasteiger partial charge < -0.3 is 19.7 Å². The number of hydrogen-bond acceptors (Lipinski definition) is 5. The van der Waals surface area contributed by atoms with E-state index in [1.54, 1.807) is 42.5 Å². The Kier molecular flexibility index (Phi) is 5.30. The van der Waals surface area contributed by atoms with Crippen molar-refractivity contribution in [2.45, 2.75) is 25.4 Å². The molecule has 7 nitrogen and oxygen atoms in total. The molecule has 2 aromatic heterocycles. The lowest BCUT2D eigenvalue weighted by Gasteiger charge is -2.38. The van der Waals surface area contributed by atoms with E-state index >= 15 is 4.39 Å². The van der Waals surface area contributed by atoms with Gasteiger partial charge in [-0.15, -0.1) is 0 Å². The summed E-state index contributed by atoms with van der Waals surface area (Å²) in [6.45, 7) is 1.69. The summed E-state index contributed by atoms with van der Waals surface area (Å²) in [5.41, 5.74) is 3.18. The van der Waals surface area contributed by atoms with Crippen LogP contribution in [0, 0.1) is 5.82 Å². The number of hydrogen-bond donors (Lipinski definition) is 2. The molecular weight excluding hydrogens is 423 g/mol. The van der Waals surface area contributed by atoms with E-state index in [1.807, 2.05) is 4.57 Å². The molecule has 4 aromatic rings. The number of aromatic hydroxyl groups is 1. The van der Waals surface area contributed by atoms with Crippen LogP contribution in [-0.4, -0.2) is 55.3 Å². The molecule has 168 valence electrons. The number of aromatic nitrogens is 3. The van der Waals surface area contributed by atoms with Crippen molar-refractivity contribution in [3.63, 3.8) is 0 Å². The number of carbonyl (C=O) groups is 1. The quantitative estimate of drug-likeness (QED) is 0.466. The van der Waals surface area contributed by atoms with Crippen LogP contribution in [0.15, 0.2) is 54.6 Å². The number of halogens is 1. The third-order valence-corrected chi connectivity index (χ3v) is 6.34. The first kappa shape index (κ1) is 21.1. The molecule has 0 saturated carbocycles. The Bertz CT molecular complexity index is 1370. The van der Waals surface area contributed by atoms with Crippen LogP contribution in [0.1, 0.15) is 28.2 Å². The summed E-state index contributed by atoms with van der Waals surface area (Å²) in [5, 5.41) is 19.0. The molecule has 8 heteroatoms. The number of aromatic carboxylic acids is 1. The SMILES string of the molecule is CN1CC[C@H]1Cn1c(Cc2ccc(-c3cccc(O)n3)cc2F)nc2ccc(C(=O)O)cc21. The molecule has 33 heavy (non-hydrogen) atoms. The zero-order chi connectivity index (χ0) is 23.1. The first-order valence-electron chi connectivity index (χ1n) is 10.8. The highest BCUT2D eigenvalue weighted by atomic mass is 19.1. The Balaban J connectivity index is 1.52. The first-order chi connectivity index (χ1) is 15.9. The number of imidazole rings is 1. The van der Waals surface area contributed by atoms with Gasteiger partial charge in [0.2, 0.25) is 5.88 Å². The predicted octanol–water partition coefficient (Wildman–Crippen LogP) is 3.94. The Morgan fingerprint density at radius 3 is 2.67 bits per heavy atom. The average Bonchev–Trinajstić information content (AvgIpc) is 3.13. The fourth-order valence-corrected chi connectivity index (χ4v) is 4.26. The topological polar surface area (TPSA) is 91.5 Å². The maximum atomic E-state index is 15.1. The fourth-order valence-electron chi connectivity index (χ4n) is 4.26. The Morgan fingerprint density at radius 2 is 2.00 bits per heavy atom. The Labute approximate surface area is 189 Å². The predicted molar refractivity (Wildman–Crippen MR) is 122 cm³/mol. The van der Waals surface area contributed by atoms with Crippen LogP contribution in [0.5, 0.6) is 5.88 Å². The largest absolute Gasteiger partial charge is 0.493 e. The molecule has 2 aromatic carbocycles. The summed E-state index contributed by atoms with van der Waals surface area (Å²) in [6.07, 6.45) is 1.32. The average molecular weight is 446 g/mol.